The summed E-state index contributed by atoms with van der Waals surface area (Å²) in [4.78, 5) is 72.8. The molecule has 0 rings (SSSR count). The van der Waals surface area contributed by atoms with Crippen LogP contribution in [-0.4, -0.2) is 96.7 Å². The summed E-state index contributed by atoms with van der Waals surface area (Å²) in [6.07, 6.45) is 53.0. The molecule has 0 aliphatic heterocycles. The molecule has 0 aromatic carbocycles. The molecule has 97 heavy (non-hydrogen) atoms. The van der Waals surface area contributed by atoms with Crippen molar-refractivity contribution in [2.45, 2.75) is 414 Å². The van der Waals surface area contributed by atoms with Crippen molar-refractivity contribution in [1.29, 1.82) is 0 Å². The molecule has 3 N–H and O–H groups in total. The fourth-order valence-corrected chi connectivity index (χ4v) is 13.5. The zero-order valence-electron chi connectivity index (χ0n) is 63.7. The van der Waals surface area contributed by atoms with Crippen LogP contribution >= 0.6 is 15.6 Å². The van der Waals surface area contributed by atoms with Crippen molar-refractivity contribution in [1.82, 2.24) is 0 Å². The number of aliphatic hydroxyl groups excluding tert-OH is 1. The number of ether oxygens (including phenoxy) is 4. The number of unbranched alkanes of at least 4 members (excludes halogenated alkanes) is 40. The fraction of sp³-hybridized carbons (Fsp3) is 0.949. The summed E-state index contributed by atoms with van der Waals surface area (Å²) in [6.45, 7) is 14.1. The Morgan fingerprint density at radius 2 is 0.495 bits per heavy atom. The standard InChI is InChI=1S/C78H152O17P2/c1-9-71(8)57-49-41-35-37-43-51-59-76(81)89-65-74(95-78(83)61-53-45-33-29-25-21-17-16-19-23-27-31-39-47-55-69(4)5)67-93-97(86,87)91-63-72(79)62-90-96(84,85)92-66-73(64-88-75(80)58-50-42-36-34-40-48-56-70(6)7)94-77(82)60-52-44-32-28-24-20-15-13-11-10-12-14-18-22-26-30-38-46-54-68(2)3/h68-74,79H,9-67H2,1-8H3,(H,84,85)(H,86,87)/t71?,72?,73-,74-/m1/s1. The molecular formula is C78H152O17P2. The molecule has 0 fully saturated rings. The lowest BCUT2D eigenvalue weighted by Crippen LogP contribution is -2.30. The lowest BCUT2D eigenvalue weighted by Gasteiger charge is -2.21. The first-order valence-corrected chi connectivity index (χ1v) is 43.2. The maximum absolute atomic E-state index is 13.1. The Morgan fingerprint density at radius 1 is 0.289 bits per heavy atom. The smallest absolute Gasteiger partial charge is 0.462 e. The molecule has 0 spiro atoms. The van der Waals surface area contributed by atoms with Gasteiger partial charge in [0.05, 0.1) is 26.4 Å². The molecular weight excluding hydrogens is 1270 g/mol. The minimum absolute atomic E-state index is 0.106. The van der Waals surface area contributed by atoms with Gasteiger partial charge in [0.2, 0.25) is 0 Å². The van der Waals surface area contributed by atoms with Gasteiger partial charge in [0.1, 0.15) is 19.3 Å². The van der Waals surface area contributed by atoms with Crippen molar-refractivity contribution in [2.24, 2.45) is 23.7 Å². The Bertz CT molecular complexity index is 1900. The van der Waals surface area contributed by atoms with Gasteiger partial charge in [-0.2, -0.15) is 0 Å². The summed E-state index contributed by atoms with van der Waals surface area (Å²) in [5.41, 5.74) is 0. The lowest BCUT2D eigenvalue weighted by atomic mass is 10.00. The second-order valence-corrected chi connectivity index (χ2v) is 32.7. The third-order valence-corrected chi connectivity index (χ3v) is 20.3. The summed E-state index contributed by atoms with van der Waals surface area (Å²) in [5, 5.41) is 10.6. The van der Waals surface area contributed by atoms with E-state index in [-0.39, 0.29) is 25.7 Å². The Labute approximate surface area is 594 Å². The number of aliphatic hydroxyl groups is 1. The fourth-order valence-electron chi connectivity index (χ4n) is 11.9. The highest BCUT2D eigenvalue weighted by Crippen LogP contribution is 2.45. The van der Waals surface area contributed by atoms with Gasteiger partial charge >= 0.3 is 39.5 Å². The first-order chi connectivity index (χ1) is 46.6. The Kier molecular flexibility index (Phi) is 65.9. The number of hydrogen-bond donors (Lipinski definition) is 3. The van der Waals surface area contributed by atoms with Gasteiger partial charge < -0.3 is 33.8 Å². The second-order valence-electron chi connectivity index (χ2n) is 29.8. The van der Waals surface area contributed by atoms with E-state index in [1.54, 1.807) is 0 Å². The van der Waals surface area contributed by atoms with Crippen LogP contribution in [0.3, 0.4) is 0 Å². The van der Waals surface area contributed by atoms with Crippen LogP contribution in [0.25, 0.3) is 0 Å². The van der Waals surface area contributed by atoms with Gasteiger partial charge in [0, 0.05) is 25.7 Å². The number of phosphoric ester groups is 2. The van der Waals surface area contributed by atoms with E-state index in [2.05, 4.69) is 55.4 Å². The maximum atomic E-state index is 13.1. The number of rotatable bonds is 75. The van der Waals surface area contributed by atoms with Crippen molar-refractivity contribution < 1.29 is 80.2 Å². The molecule has 0 aromatic rings. The van der Waals surface area contributed by atoms with E-state index in [0.29, 0.717) is 31.6 Å². The largest absolute Gasteiger partial charge is 0.472 e. The van der Waals surface area contributed by atoms with Crippen LogP contribution in [0.15, 0.2) is 0 Å². The molecule has 0 radical (unpaired) electrons. The van der Waals surface area contributed by atoms with E-state index in [1.165, 1.54) is 186 Å². The van der Waals surface area contributed by atoms with E-state index < -0.39 is 97.5 Å². The molecule has 0 saturated heterocycles. The normalized spacial score (nSPS) is 14.4. The van der Waals surface area contributed by atoms with Crippen molar-refractivity contribution in [3.05, 3.63) is 0 Å². The van der Waals surface area contributed by atoms with Crippen LogP contribution < -0.4 is 0 Å². The predicted octanol–water partition coefficient (Wildman–Crippen LogP) is 22.8. The molecule has 17 nitrogen and oxygen atoms in total. The van der Waals surface area contributed by atoms with Gasteiger partial charge in [-0.05, 0) is 49.4 Å². The van der Waals surface area contributed by atoms with Crippen LogP contribution in [0.5, 0.6) is 0 Å². The van der Waals surface area contributed by atoms with Gasteiger partial charge in [-0.15, -0.1) is 0 Å². The first-order valence-electron chi connectivity index (χ1n) is 40.2. The first kappa shape index (κ1) is 95.1. The summed E-state index contributed by atoms with van der Waals surface area (Å²) in [6, 6.07) is 0. The molecule has 4 unspecified atom stereocenters. The number of hydrogen-bond acceptors (Lipinski definition) is 15. The van der Waals surface area contributed by atoms with Crippen LogP contribution in [-0.2, 0) is 65.4 Å². The quantitative estimate of drug-likeness (QED) is 0.0222. The third kappa shape index (κ3) is 70.9. The maximum Gasteiger partial charge on any atom is 0.472 e. The van der Waals surface area contributed by atoms with E-state index in [4.69, 9.17) is 37.0 Å². The molecule has 0 aromatic heterocycles. The summed E-state index contributed by atoms with van der Waals surface area (Å²) in [7, 11) is -9.91. The summed E-state index contributed by atoms with van der Waals surface area (Å²) < 4.78 is 68.5. The molecule has 19 heteroatoms. The van der Waals surface area contributed by atoms with Crippen LogP contribution in [0.1, 0.15) is 396 Å². The predicted molar refractivity (Wildman–Crippen MR) is 395 cm³/mol. The average molecular weight is 1420 g/mol. The second kappa shape index (κ2) is 67.2. The molecule has 0 saturated carbocycles. The van der Waals surface area contributed by atoms with Crippen LogP contribution in [0.2, 0.25) is 0 Å². The molecule has 6 atom stereocenters. The third-order valence-electron chi connectivity index (χ3n) is 18.4. The van der Waals surface area contributed by atoms with E-state index in [1.807, 2.05) is 0 Å². The van der Waals surface area contributed by atoms with Gasteiger partial charge in [0.25, 0.3) is 0 Å². The highest BCUT2D eigenvalue weighted by atomic mass is 31.2. The zero-order chi connectivity index (χ0) is 71.7. The van der Waals surface area contributed by atoms with E-state index in [9.17, 15) is 43.2 Å². The summed E-state index contributed by atoms with van der Waals surface area (Å²) >= 11 is 0. The number of carbonyl (C=O) groups is 4. The minimum Gasteiger partial charge on any atom is -0.462 e. The van der Waals surface area contributed by atoms with Crippen molar-refractivity contribution in [2.75, 3.05) is 39.6 Å². The number of phosphoric acid groups is 2. The minimum atomic E-state index is -4.96. The highest BCUT2D eigenvalue weighted by Gasteiger charge is 2.30. The van der Waals surface area contributed by atoms with E-state index in [0.717, 1.165) is 120 Å². The van der Waals surface area contributed by atoms with E-state index >= 15 is 0 Å². The van der Waals surface area contributed by atoms with Gasteiger partial charge in [-0.25, -0.2) is 9.13 Å². The monoisotopic (exact) mass is 1420 g/mol. The molecule has 576 valence electrons. The summed E-state index contributed by atoms with van der Waals surface area (Å²) in [5.74, 6) is 0.903. The SMILES string of the molecule is CCC(C)CCCCCCCCC(=O)OC[C@H](COP(=O)(O)OCC(O)COP(=O)(O)OC[C@@H](COC(=O)CCCCCCCCC(C)C)OC(=O)CCCCCCCCCCCCCCCCCCCCC(C)C)OC(=O)CCCCCCCCCCCCCCCCC(C)C. The molecule has 0 amide bonds. The average Bonchev–Trinajstić information content (AvgIpc) is 1.37. The number of esters is 4. The number of carbonyl (C=O) groups excluding carboxylic acids is 4. The van der Waals surface area contributed by atoms with Crippen LogP contribution in [0, 0.1) is 23.7 Å². The van der Waals surface area contributed by atoms with Crippen molar-refractivity contribution in [3.8, 4) is 0 Å². The van der Waals surface area contributed by atoms with Gasteiger partial charge in [-0.1, -0.05) is 344 Å². The van der Waals surface area contributed by atoms with Crippen LogP contribution in [0.4, 0.5) is 0 Å². The van der Waals surface area contributed by atoms with Crippen molar-refractivity contribution >= 4 is 39.5 Å². The molecule has 0 heterocycles. The van der Waals surface area contributed by atoms with Crippen molar-refractivity contribution in [3.63, 3.8) is 0 Å². The van der Waals surface area contributed by atoms with Gasteiger partial charge in [-0.3, -0.25) is 37.3 Å². The molecule has 0 aliphatic rings. The van der Waals surface area contributed by atoms with Gasteiger partial charge in [0.15, 0.2) is 12.2 Å². The highest BCUT2D eigenvalue weighted by molar-refractivity contribution is 7.47. The zero-order valence-corrected chi connectivity index (χ0v) is 65.5. The molecule has 0 aliphatic carbocycles. The Hall–Kier alpha value is -1.94. The lowest BCUT2D eigenvalue weighted by molar-refractivity contribution is -0.161. The molecule has 0 bridgehead atoms. The Morgan fingerprint density at radius 3 is 0.732 bits per heavy atom. The topological polar surface area (TPSA) is 237 Å². The Balaban J connectivity index is 5.16.